The van der Waals surface area contributed by atoms with Crippen LogP contribution in [0.1, 0.15) is 40.9 Å². The second-order valence-electron chi connectivity index (χ2n) is 4.82. The van der Waals surface area contributed by atoms with Crippen LogP contribution < -0.4 is 5.32 Å². The molecule has 0 bridgehead atoms. The molecular formula is C17H17Br2NO. The van der Waals surface area contributed by atoms with Gasteiger partial charge < -0.3 is 5.32 Å². The molecule has 1 atom stereocenters. The third-order valence-electron chi connectivity index (χ3n) is 3.36. The van der Waals surface area contributed by atoms with Crippen molar-refractivity contribution in [2.24, 2.45) is 0 Å². The molecule has 0 saturated heterocycles. The first-order valence-electron chi connectivity index (χ1n) is 6.85. The summed E-state index contributed by atoms with van der Waals surface area (Å²) in [6.07, 6.45) is 0.854. The fourth-order valence-electron chi connectivity index (χ4n) is 2.10. The predicted molar refractivity (Wildman–Crippen MR) is 93.7 cm³/mol. The standard InChI is InChI=1S/C17H17Br2NO/c1-2-16(13-7-9-15(19)10-8-13)20-17(21)14-5-3-12(11-18)4-6-14/h3-10,16H,2,11H2,1H3,(H,20,21). The molecule has 1 amide bonds. The van der Waals surface area contributed by atoms with Gasteiger partial charge in [0, 0.05) is 15.4 Å². The molecule has 4 heteroatoms. The second-order valence-corrected chi connectivity index (χ2v) is 6.29. The Morgan fingerprint density at radius 2 is 1.71 bits per heavy atom. The normalized spacial score (nSPS) is 12.0. The van der Waals surface area contributed by atoms with E-state index in [4.69, 9.17) is 0 Å². The molecule has 0 saturated carbocycles. The number of hydrogen-bond acceptors (Lipinski definition) is 1. The van der Waals surface area contributed by atoms with Crippen molar-refractivity contribution < 1.29 is 4.79 Å². The summed E-state index contributed by atoms with van der Waals surface area (Å²) in [7, 11) is 0. The van der Waals surface area contributed by atoms with Crippen LogP contribution in [0.3, 0.4) is 0 Å². The minimum atomic E-state index is -0.0362. The fraction of sp³-hybridized carbons (Fsp3) is 0.235. The van der Waals surface area contributed by atoms with Crippen LogP contribution in [0.4, 0.5) is 0 Å². The number of carbonyl (C=O) groups is 1. The van der Waals surface area contributed by atoms with Crippen molar-refractivity contribution in [1.82, 2.24) is 5.32 Å². The first-order chi connectivity index (χ1) is 10.1. The minimum Gasteiger partial charge on any atom is -0.345 e. The maximum absolute atomic E-state index is 12.3. The Kier molecular flexibility index (Phi) is 6.00. The number of amides is 1. The summed E-state index contributed by atoms with van der Waals surface area (Å²) in [5.74, 6) is -0.0362. The highest BCUT2D eigenvalue weighted by Gasteiger charge is 2.14. The van der Waals surface area contributed by atoms with Crippen molar-refractivity contribution in [1.29, 1.82) is 0 Å². The van der Waals surface area contributed by atoms with Gasteiger partial charge in [-0.05, 0) is 41.8 Å². The molecule has 0 radical (unpaired) electrons. The van der Waals surface area contributed by atoms with Crippen LogP contribution in [0.15, 0.2) is 53.0 Å². The van der Waals surface area contributed by atoms with E-state index in [1.165, 1.54) is 0 Å². The zero-order valence-electron chi connectivity index (χ0n) is 11.8. The van der Waals surface area contributed by atoms with Gasteiger partial charge in [-0.3, -0.25) is 4.79 Å². The highest BCUT2D eigenvalue weighted by Crippen LogP contribution is 2.20. The monoisotopic (exact) mass is 409 g/mol. The highest BCUT2D eigenvalue weighted by atomic mass is 79.9. The van der Waals surface area contributed by atoms with E-state index in [1.807, 2.05) is 48.5 Å². The van der Waals surface area contributed by atoms with E-state index in [0.717, 1.165) is 27.4 Å². The number of nitrogens with one attached hydrogen (secondary N) is 1. The molecule has 0 aliphatic carbocycles. The van der Waals surface area contributed by atoms with Crippen molar-refractivity contribution in [3.05, 3.63) is 69.7 Å². The summed E-state index contributed by atoms with van der Waals surface area (Å²) in [4.78, 5) is 12.3. The molecular weight excluding hydrogens is 394 g/mol. The lowest BCUT2D eigenvalue weighted by Gasteiger charge is -2.17. The molecule has 0 aromatic heterocycles. The Balaban J connectivity index is 2.10. The van der Waals surface area contributed by atoms with Gasteiger partial charge in [-0.2, -0.15) is 0 Å². The van der Waals surface area contributed by atoms with Crippen molar-refractivity contribution >= 4 is 37.8 Å². The van der Waals surface area contributed by atoms with Gasteiger partial charge in [0.1, 0.15) is 0 Å². The van der Waals surface area contributed by atoms with Crippen LogP contribution in [0.2, 0.25) is 0 Å². The zero-order chi connectivity index (χ0) is 15.2. The maximum Gasteiger partial charge on any atom is 0.251 e. The molecule has 0 spiro atoms. The van der Waals surface area contributed by atoms with Crippen molar-refractivity contribution in [2.45, 2.75) is 24.7 Å². The third kappa shape index (κ3) is 4.42. The van der Waals surface area contributed by atoms with Crippen molar-refractivity contribution in [2.75, 3.05) is 0 Å². The molecule has 0 aliphatic heterocycles. The predicted octanol–water partition coefficient (Wildman–Crippen LogP) is 5.23. The summed E-state index contributed by atoms with van der Waals surface area (Å²) < 4.78 is 1.04. The number of rotatable bonds is 5. The van der Waals surface area contributed by atoms with Crippen LogP contribution in [0.25, 0.3) is 0 Å². The Bertz CT molecular complexity index is 593. The quantitative estimate of drug-likeness (QED) is 0.672. The van der Waals surface area contributed by atoms with E-state index in [9.17, 15) is 4.79 Å². The van der Waals surface area contributed by atoms with Gasteiger partial charge in [0.15, 0.2) is 0 Å². The number of hydrogen-bond donors (Lipinski definition) is 1. The van der Waals surface area contributed by atoms with E-state index in [1.54, 1.807) is 0 Å². The molecule has 21 heavy (non-hydrogen) atoms. The summed E-state index contributed by atoms with van der Waals surface area (Å²) >= 11 is 6.83. The topological polar surface area (TPSA) is 29.1 Å². The van der Waals surface area contributed by atoms with Crippen molar-refractivity contribution in [3.8, 4) is 0 Å². The molecule has 0 aliphatic rings. The average Bonchev–Trinajstić information content (AvgIpc) is 2.53. The smallest absolute Gasteiger partial charge is 0.251 e. The van der Waals surface area contributed by atoms with Crippen molar-refractivity contribution in [3.63, 3.8) is 0 Å². The Morgan fingerprint density at radius 3 is 2.24 bits per heavy atom. The zero-order valence-corrected chi connectivity index (χ0v) is 14.9. The first-order valence-corrected chi connectivity index (χ1v) is 8.76. The van der Waals surface area contributed by atoms with Crippen LogP contribution >= 0.6 is 31.9 Å². The summed E-state index contributed by atoms with van der Waals surface area (Å²) in [5, 5.41) is 3.89. The van der Waals surface area contributed by atoms with E-state index in [-0.39, 0.29) is 11.9 Å². The molecule has 2 aromatic carbocycles. The molecule has 1 unspecified atom stereocenters. The first kappa shape index (κ1) is 16.2. The maximum atomic E-state index is 12.3. The van der Waals surface area contributed by atoms with Crippen LogP contribution in [-0.4, -0.2) is 5.91 Å². The van der Waals surface area contributed by atoms with E-state index in [2.05, 4.69) is 44.1 Å². The Hall–Kier alpha value is -1.13. The average molecular weight is 411 g/mol. The van der Waals surface area contributed by atoms with Gasteiger partial charge in [0.25, 0.3) is 5.91 Å². The van der Waals surface area contributed by atoms with Gasteiger partial charge in [-0.15, -0.1) is 0 Å². The van der Waals surface area contributed by atoms with Gasteiger partial charge in [-0.25, -0.2) is 0 Å². The summed E-state index contributed by atoms with van der Waals surface area (Å²) in [5.41, 5.74) is 2.97. The SMILES string of the molecule is CCC(NC(=O)c1ccc(CBr)cc1)c1ccc(Br)cc1. The fourth-order valence-corrected chi connectivity index (χ4v) is 2.74. The molecule has 2 rings (SSSR count). The van der Waals surface area contributed by atoms with Crippen LogP contribution in [-0.2, 0) is 5.33 Å². The van der Waals surface area contributed by atoms with Crippen LogP contribution in [0.5, 0.6) is 0 Å². The van der Waals surface area contributed by atoms with Gasteiger partial charge in [-0.1, -0.05) is 63.0 Å². The molecule has 110 valence electrons. The molecule has 0 heterocycles. The van der Waals surface area contributed by atoms with Gasteiger partial charge in [0.05, 0.1) is 6.04 Å². The van der Waals surface area contributed by atoms with Crippen LogP contribution in [0, 0.1) is 0 Å². The lowest BCUT2D eigenvalue weighted by Crippen LogP contribution is -2.28. The lowest BCUT2D eigenvalue weighted by molar-refractivity contribution is 0.0935. The number of carbonyl (C=O) groups excluding carboxylic acids is 1. The molecule has 2 aromatic rings. The number of halogens is 2. The number of alkyl halides is 1. The summed E-state index contributed by atoms with van der Waals surface area (Å²) in [6.45, 7) is 2.07. The Labute approximate surface area is 142 Å². The second kappa shape index (κ2) is 7.76. The highest BCUT2D eigenvalue weighted by molar-refractivity contribution is 9.10. The van der Waals surface area contributed by atoms with E-state index in [0.29, 0.717) is 5.56 Å². The molecule has 2 nitrogen and oxygen atoms in total. The lowest BCUT2D eigenvalue weighted by atomic mass is 10.0. The largest absolute Gasteiger partial charge is 0.345 e. The Morgan fingerprint density at radius 1 is 1.10 bits per heavy atom. The van der Waals surface area contributed by atoms with Gasteiger partial charge in [0.2, 0.25) is 0 Å². The van der Waals surface area contributed by atoms with E-state index >= 15 is 0 Å². The van der Waals surface area contributed by atoms with E-state index < -0.39 is 0 Å². The molecule has 0 fully saturated rings. The summed E-state index contributed by atoms with van der Waals surface area (Å²) in [6, 6.07) is 15.7. The minimum absolute atomic E-state index is 0.0291. The molecule has 1 N–H and O–H groups in total. The van der Waals surface area contributed by atoms with Gasteiger partial charge >= 0.3 is 0 Å². The number of benzene rings is 2. The third-order valence-corrected chi connectivity index (χ3v) is 4.53.